The monoisotopic (exact) mass is 332 g/mol. The second-order valence-electron chi connectivity index (χ2n) is 4.87. The smallest absolute Gasteiger partial charge is 0.416 e. The molecule has 0 N–H and O–H groups in total. The number of alkyl halides is 3. The number of carbonyl (C=O) groups is 1. The van der Waals surface area contributed by atoms with Crippen LogP contribution in [0.3, 0.4) is 0 Å². The highest BCUT2D eigenvalue weighted by Crippen LogP contribution is 2.24. The van der Waals surface area contributed by atoms with Crippen LogP contribution in [0.15, 0.2) is 66.4 Å². The first-order valence-corrected chi connectivity index (χ1v) is 7.28. The zero-order valence-electron chi connectivity index (χ0n) is 12.9. The molecule has 0 aliphatic rings. The van der Waals surface area contributed by atoms with Gasteiger partial charge in [0.15, 0.2) is 0 Å². The van der Waals surface area contributed by atoms with Crippen molar-refractivity contribution in [1.29, 1.82) is 0 Å². The van der Waals surface area contributed by atoms with Crippen molar-refractivity contribution in [2.45, 2.75) is 13.1 Å². The standard InChI is InChI=1S/C19H15F3O2/c1-2-24-18(23)16-10-8-15(9-11-16)17(12-13-19(20,21)22)14-6-4-3-5-7-14/h3-11,13H,2H2,1H3. The summed E-state index contributed by atoms with van der Waals surface area (Å²) in [7, 11) is 0. The summed E-state index contributed by atoms with van der Waals surface area (Å²) in [5.41, 5.74) is 4.07. The van der Waals surface area contributed by atoms with Crippen molar-refractivity contribution in [1.82, 2.24) is 0 Å². The number of esters is 1. The lowest BCUT2D eigenvalue weighted by molar-refractivity contribution is -0.0796. The fourth-order valence-electron chi connectivity index (χ4n) is 2.08. The molecule has 0 fully saturated rings. The molecule has 124 valence electrons. The highest BCUT2D eigenvalue weighted by molar-refractivity contribution is 5.90. The second-order valence-corrected chi connectivity index (χ2v) is 4.87. The molecule has 0 atom stereocenters. The molecule has 0 spiro atoms. The molecule has 2 rings (SSSR count). The maximum atomic E-state index is 12.5. The van der Waals surface area contributed by atoms with Crippen molar-refractivity contribution in [2.24, 2.45) is 0 Å². The first-order chi connectivity index (χ1) is 11.4. The third-order valence-electron chi connectivity index (χ3n) is 3.13. The molecule has 0 heterocycles. The van der Waals surface area contributed by atoms with E-state index in [1.165, 1.54) is 12.1 Å². The maximum Gasteiger partial charge on any atom is 0.416 e. The number of carbonyl (C=O) groups excluding carboxylic acids is 1. The largest absolute Gasteiger partial charge is 0.462 e. The van der Waals surface area contributed by atoms with Crippen molar-refractivity contribution in [3.05, 3.63) is 83.1 Å². The predicted octanol–water partition coefficient (Wildman–Crippen LogP) is 5.01. The van der Waals surface area contributed by atoms with Gasteiger partial charge in [0, 0.05) is 5.57 Å². The average Bonchev–Trinajstić information content (AvgIpc) is 2.56. The number of halogens is 3. The van der Waals surface area contributed by atoms with E-state index in [4.69, 9.17) is 4.74 Å². The Labute approximate surface area is 137 Å². The van der Waals surface area contributed by atoms with E-state index in [1.807, 2.05) is 0 Å². The fraction of sp³-hybridized carbons (Fsp3) is 0.158. The third kappa shape index (κ3) is 4.86. The Bertz CT molecular complexity index is 753. The molecule has 0 aliphatic heterocycles. The molecule has 0 aromatic heterocycles. The van der Waals surface area contributed by atoms with Crippen LogP contribution in [0, 0.1) is 0 Å². The summed E-state index contributed by atoms with van der Waals surface area (Å²) >= 11 is 0. The summed E-state index contributed by atoms with van der Waals surface area (Å²) in [6.45, 7) is 1.95. The van der Waals surface area contributed by atoms with Gasteiger partial charge in [-0.25, -0.2) is 4.79 Å². The number of benzene rings is 2. The summed E-state index contributed by atoms with van der Waals surface area (Å²) in [5.74, 6) is -0.472. The molecule has 0 bridgehead atoms. The molecule has 5 heteroatoms. The fourth-order valence-corrected chi connectivity index (χ4v) is 2.08. The Morgan fingerprint density at radius 2 is 1.54 bits per heavy atom. The zero-order chi connectivity index (χ0) is 17.6. The van der Waals surface area contributed by atoms with Crippen molar-refractivity contribution in [3.8, 4) is 0 Å². The zero-order valence-corrected chi connectivity index (χ0v) is 12.9. The summed E-state index contributed by atoms with van der Waals surface area (Å²) < 4.78 is 42.4. The normalized spacial score (nSPS) is 10.7. The van der Waals surface area contributed by atoms with Gasteiger partial charge in [-0.3, -0.25) is 0 Å². The lowest BCUT2D eigenvalue weighted by atomic mass is 9.97. The van der Waals surface area contributed by atoms with E-state index >= 15 is 0 Å². The highest BCUT2D eigenvalue weighted by atomic mass is 19.4. The average molecular weight is 332 g/mol. The van der Waals surface area contributed by atoms with Crippen LogP contribution in [0.1, 0.15) is 28.4 Å². The van der Waals surface area contributed by atoms with Crippen molar-refractivity contribution in [2.75, 3.05) is 6.61 Å². The molecule has 2 aromatic carbocycles. The van der Waals surface area contributed by atoms with Gasteiger partial charge < -0.3 is 4.74 Å². The van der Waals surface area contributed by atoms with Gasteiger partial charge in [0.05, 0.1) is 18.2 Å². The second kappa shape index (κ2) is 7.66. The van der Waals surface area contributed by atoms with Crippen LogP contribution < -0.4 is 0 Å². The Balaban J connectivity index is 2.45. The van der Waals surface area contributed by atoms with E-state index in [9.17, 15) is 18.0 Å². The molecular weight excluding hydrogens is 317 g/mol. The Hall–Kier alpha value is -2.78. The summed E-state index contributed by atoms with van der Waals surface area (Å²) in [6.07, 6.45) is -4.38. The first kappa shape index (κ1) is 17.6. The number of rotatable bonds is 4. The van der Waals surface area contributed by atoms with Crippen LogP contribution in [0.25, 0.3) is 5.57 Å². The molecule has 0 unspecified atom stereocenters. The van der Waals surface area contributed by atoms with Gasteiger partial charge in [-0.05, 0) is 30.2 Å². The minimum Gasteiger partial charge on any atom is -0.462 e. The highest BCUT2D eigenvalue weighted by Gasteiger charge is 2.22. The van der Waals surface area contributed by atoms with E-state index in [-0.39, 0.29) is 12.7 Å². The van der Waals surface area contributed by atoms with Gasteiger partial charge in [-0.15, -0.1) is 5.73 Å². The molecule has 0 amide bonds. The van der Waals surface area contributed by atoms with Crippen LogP contribution in [-0.4, -0.2) is 18.8 Å². The van der Waals surface area contributed by atoms with Crippen LogP contribution in [0.2, 0.25) is 0 Å². The minimum absolute atomic E-state index is 0.0780. The van der Waals surface area contributed by atoms with Gasteiger partial charge in [0.2, 0.25) is 0 Å². The van der Waals surface area contributed by atoms with E-state index < -0.39 is 12.1 Å². The Morgan fingerprint density at radius 3 is 2.08 bits per heavy atom. The lowest BCUT2D eigenvalue weighted by Crippen LogP contribution is -2.04. The van der Waals surface area contributed by atoms with Crippen molar-refractivity contribution >= 4 is 11.5 Å². The first-order valence-electron chi connectivity index (χ1n) is 7.28. The van der Waals surface area contributed by atoms with Gasteiger partial charge in [-0.1, -0.05) is 42.5 Å². The number of hydrogen-bond donors (Lipinski definition) is 0. The van der Waals surface area contributed by atoms with Gasteiger partial charge >= 0.3 is 12.1 Å². The Morgan fingerprint density at radius 1 is 1.00 bits per heavy atom. The van der Waals surface area contributed by atoms with Crippen LogP contribution >= 0.6 is 0 Å². The SMILES string of the molecule is CCOC(=O)c1ccc(C(=C=CC(F)(F)F)c2ccccc2)cc1. The van der Waals surface area contributed by atoms with Crippen molar-refractivity contribution in [3.63, 3.8) is 0 Å². The lowest BCUT2D eigenvalue weighted by Gasteiger charge is -2.07. The topological polar surface area (TPSA) is 26.3 Å². The van der Waals surface area contributed by atoms with Crippen LogP contribution in [0.5, 0.6) is 0 Å². The molecule has 0 saturated carbocycles. The number of ether oxygens (including phenoxy) is 1. The summed E-state index contributed by atoms with van der Waals surface area (Å²) in [6, 6.07) is 14.8. The molecule has 0 radical (unpaired) electrons. The van der Waals surface area contributed by atoms with Crippen molar-refractivity contribution < 1.29 is 22.7 Å². The van der Waals surface area contributed by atoms with E-state index in [0.29, 0.717) is 22.3 Å². The summed E-state index contributed by atoms with van der Waals surface area (Å²) in [4.78, 5) is 11.7. The molecule has 0 aliphatic carbocycles. The van der Waals surface area contributed by atoms with Gasteiger partial charge in [0.1, 0.15) is 0 Å². The molecule has 0 saturated heterocycles. The van der Waals surface area contributed by atoms with Crippen LogP contribution in [0.4, 0.5) is 13.2 Å². The maximum absolute atomic E-state index is 12.5. The molecule has 24 heavy (non-hydrogen) atoms. The van der Waals surface area contributed by atoms with E-state index in [1.54, 1.807) is 49.4 Å². The van der Waals surface area contributed by atoms with Gasteiger partial charge in [0.25, 0.3) is 0 Å². The predicted molar refractivity (Wildman–Crippen MR) is 85.5 cm³/mol. The molecule has 2 aromatic rings. The quantitative estimate of drug-likeness (QED) is 0.581. The van der Waals surface area contributed by atoms with Gasteiger partial charge in [-0.2, -0.15) is 13.2 Å². The molecular formula is C19H15F3O2. The Kier molecular flexibility index (Phi) is 5.61. The molecule has 2 nitrogen and oxygen atoms in total. The number of hydrogen-bond acceptors (Lipinski definition) is 2. The van der Waals surface area contributed by atoms with E-state index in [2.05, 4.69) is 5.73 Å². The number of allylic oxidation sites excluding steroid dienone is 1. The van der Waals surface area contributed by atoms with E-state index in [0.717, 1.165) is 0 Å². The minimum atomic E-state index is -4.45. The summed E-state index contributed by atoms with van der Waals surface area (Å²) in [5, 5.41) is 0. The van der Waals surface area contributed by atoms with Crippen LogP contribution in [-0.2, 0) is 4.74 Å². The third-order valence-corrected chi connectivity index (χ3v) is 3.13.